The number of nitrogen functional groups attached to an aromatic ring is 1. The van der Waals surface area contributed by atoms with Crippen molar-refractivity contribution < 1.29 is 9.90 Å². The number of aliphatic carboxylic acids is 1. The van der Waals surface area contributed by atoms with Crippen LogP contribution in [-0.4, -0.2) is 11.1 Å². The minimum Gasteiger partial charge on any atom is -0.478 e. The van der Waals surface area contributed by atoms with Gasteiger partial charge in [-0.05, 0) is 23.8 Å². The predicted molar refractivity (Wildman–Crippen MR) is 52.2 cm³/mol. The van der Waals surface area contributed by atoms with Gasteiger partial charge < -0.3 is 10.8 Å². The van der Waals surface area contributed by atoms with E-state index in [1.807, 2.05) is 6.07 Å². The Labute approximate surface area is 80.9 Å². The van der Waals surface area contributed by atoms with Crippen molar-refractivity contribution in [2.45, 2.75) is 0 Å². The number of carboxylic acids is 1. The van der Waals surface area contributed by atoms with Gasteiger partial charge in [0, 0.05) is 11.8 Å². The molecule has 4 nitrogen and oxygen atoms in total. The van der Waals surface area contributed by atoms with Crippen molar-refractivity contribution >= 4 is 17.7 Å². The number of nitriles is 1. The summed E-state index contributed by atoms with van der Waals surface area (Å²) in [4.78, 5) is 10.2. The van der Waals surface area contributed by atoms with Gasteiger partial charge in [0.25, 0.3) is 0 Å². The Morgan fingerprint density at radius 2 is 2.29 bits per heavy atom. The van der Waals surface area contributed by atoms with E-state index in [0.29, 0.717) is 16.8 Å². The van der Waals surface area contributed by atoms with Crippen LogP contribution in [0.3, 0.4) is 0 Å². The number of carbonyl (C=O) groups is 1. The van der Waals surface area contributed by atoms with Gasteiger partial charge >= 0.3 is 5.97 Å². The van der Waals surface area contributed by atoms with Crippen LogP contribution in [0.4, 0.5) is 5.69 Å². The lowest BCUT2D eigenvalue weighted by Crippen LogP contribution is -1.90. The molecule has 1 aromatic rings. The van der Waals surface area contributed by atoms with Gasteiger partial charge in [0.15, 0.2) is 0 Å². The fourth-order valence-corrected chi connectivity index (χ4v) is 0.977. The van der Waals surface area contributed by atoms with Crippen molar-refractivity contribution in [3.8, 4) is 6.07 Å². The Morgan fingerprint density at radius 3 is 2.86 bits per heavy atom. The second-order valence-corrected chi connectivity index (χ2v) is 2.63. The maximum atomic E-state index is 10.2. The maximum Gasteiger partial charge on any atom is 0.328 e. The molecule has 0 spiro atoms. The predicted octanol–water partition coefficient (Wildman–Crippen LogP) is 1.24. The molecule has 1 aromatic carbocycles. The Kier molecular flexibility index (Phi) is 2.87. The highest BCUT2D eigenvalue weighted by Crippen LogP contribution is 2.13. The quantitative estimate of drug-likeness (QED) is 0.540. The van der Waals surface area contributed by atoms with Gasteiger partial charge in [0.1, 0.15) is 0 Å². The highest BCUT2D eigenvalue weighted by Gasteiger charge is 1.99. The first kappa shape index (κ1) is 9.81. The number of carboxylic acid groups (broad SMARTS) is 1. The normalized spacial score (nSPS) is 9.93. The van der Waals surface area contributed by atoms with E-state index in [1.54, 1.807) is 12.1 Å². The smallest absolute Gasteiger partial charge is 0.328 e. The molecule has 0 saturated heterocycles. The molecule has 0 aliphatic carbocycles. The van der Waals surface area contributed by atoms with Gasteiger partial charge in [-0.2, -0.15) is 5.26 Å². The van der Waals surface area contributed by atoms with E-state index in [9.17, 15) is 4.79 Å². The van der Waals surface area contributed by atoms with Gasteiger partial charge in [-0.15, -0.1) is 0 Å². The zero-order valence-electron chi connectivity index (χ0n) is 7.27. The number of benzene rings is 1. The van der Waals surface area contributed by atoms with Crippen LogP contribution in [0.15, 0.2) is 24.3 Å². The zero-order chi connectivity index (χ0) is 10.6. The van der Waals surface area contributed by atoms with Crippen LogP contribution in [0.25, 0.3) is 6.08 Å². The summed E-state index contributed by atoms with van der Waals surface area (Å²) in [5.41, 5.74) is 6.86. The van der Waals surface area contributed by atoms with Crippen molar-refractivity contribution in [3.05, 3.63) is 35.4 Å². The summed E-state index contributed by atoms with van der Waals surface area (Å²) < 4.78 is 0. The molecule has 14 heavy (non-hydrogen) atoms. The lowest BCUT2D eigenvalue weighted by atomic mass is 10.1. The molecule has 0 fully saturated rings. The summed E-state index contributed by atoms with van der Waals surface area (Å²) in [6.07, 6.45) is 2.34. The standard InChI is InChI=1S/C10H8N2O2/c11-6-8-5-9(12)3-1-7(8)2-4-10(13)14/h1-5H,12H2,(H,13,14). The fourth-order valence-electron chi connectivity index (χ4n) is 0.977. The Hall–Kier alpha value is -2.28. The number of rotatable bonds is 2. The minimum absolute atomic E-state index is 0.363. The van der Waals surface area contributed by atoms with E-state index in [1.165, 1.54) is 12.1 Å². The van der Waals surface area contributed by atoms with Gasteiger partial charge in [0.2, 0.25) is 0 Å². The summed E-state index contributed by atoms with van der Waals surface area (Å²) in [5, 5.41) is 17.1. The molecule has 0 radical (unpaired) electrons. The first-order valence-corrected chi connectivity index (χ1v) is 3.84. The molecule has 0 atom stereocenters. The van der Waals surface area contributed by atoms with Crippen molar-refractivity contribution in [1.29, 1.82) is 5.26 Å². The van der Waals surface area contributed by atoms with Crippen molar-refractivity contribution in [2.24, 2.45) is 0 Å². The molecule has 4 heteroatoms. The molecule has 0 unspecified atom stereocenters. The number of hydrogen-bond donors (Lipinski definition) is 2. The second kappa shape index (κ2) is 4.10. The Bertz CT molecular complexity index is 430. The van der Waals surface area contributed by atoms with Gasteiger partial charge in [0.05, 0.1) is 11.6 Å². The van der Waals surface area contributed by atoms with Crippen LogP contribution >= 0.6 is 0 Å². The van der Waals surface area contributed by atoms with E-state index < -0.39 is 5.97 Å². The topological polar surface area (TPSA) is 87.1 Å². The molecular formula is C10H8N2O2. The third-order valence-corrected chi connectivity index (χ3v) is 1.60. The van der Waals surface area contributed by atoms with Crippen LogP contribution in [-0.2, 0) is 4.79 Å². The molecule has 0 amide bonds. The molecule has 0 bridgehead atoms. The zero-order valence-corrected chi connectivity index (χ0v) is 7.27. The van der Waals surface area contributed by atoms with Gasteiger partial charge in [-0.1, -0.05) is 6.07 Å². The highest BCUT2D eigenvalue weighted by atomic mass is 16.4. The number of nitrogens with zero attached hydrogens (tertiary/aromatic N) is 1. The average molecular weight is 188 g/mol. The molecule has 0 heterocycles. The Morgan fingerprint density at radius 1 is 1.57 bits per heavy atom. The van der Waals surface area contributed by atoms with Gasteiger partial charge in [-0.25, -0.2) is 4.79 Å². The van der Waals surface area contributed by atoms with Crippen LogP contribution in [0.2, 0.25) is 0 Å². The molecular weight excluding hydrogens is 180 g/mol. The second-order valence-electron chi connectivity index (χ2n) is 2.63. The molecule has 0 aliphatic rings. The van der Waals surface area contributed by atoms with E-state index in [4.69, 9.17) is 16.1 Å². The van der Waals surface area contributed by atoms with Crippen LogP contribution in [0.5, 0.6) is 0 Å². The largest absolute Gasteiger partial charge is 0.478 e. The first-order chi connectivity index (χ1) is 6.63. The van der Waals surface area contributed by atoms with E-state index in [-0.39, 0.29) is 0 Å². The van der Waals surface area contributed by atoms with Gasteiger partial charge in [-0.3, -0.25) is 0 Å². The van der Waals surface area contributed by atoms with E-state index in [0.717, 1.165) is 6.08 Å². The molecule has 0 aromatic heterocycles. The number of nitrogens with two attached hydrogens (primary N) is 1. The lowest BCUT2D eigenvalue weighted by molar-refractivity contribution is -0.131. The molecule has 0 aliphatic heterocycles. The van der Waals surface area contributed by atoms with Crippen molar-refractivity contribution in [2.75, 3.05) is 5.73 Å². The Balaban J connectivity index is 3.10. The average Bonchev–Trinajstić information content (AvgIpc) is 2.15. The summed E-state index contributed by atoms with van der Waals surface area (Å²) >= 11 is 0. The maximum absolute atomic E-state index is 10.2. The van der Waals surface area contributed by atoms with Crippen molar-refractivity contribution in [3.63, 3.8) is 0 Å². The summed E-state index contributed by atoms with van der Waals surface area (Å²) in [6, 6.07) is 6.66. The lowest BCUT2D eigenvalue weighted by Gasteiger charge is -1.98. The highest BCUT2D eigenvalue weighted by molar-refractivity contribution is 5.86. The summed E-state index contributed by atoms with van der Waals surface area (Å²) in [6.45, 7) is 0. The SMILES string of the molecule is N#Cc1cc(N)ccc1C=CC(=O)O. The summed E-state index contributed by atoms with van der Waals surface area (Å²) in [7, 11) is 0. The first-order valence-electron chi connectivity index (χ1n) is 3.84. The van der Waals surface area contributed by atoms with Crippen LogP contribution < -0.4 is 5.73 Å². The molecule has 0 saturated carbocycles. The van der Waals surface area contributed by atoms with Crippen LogP contribution in [0, 0.1) is 11.3 Å². The third kappa shape index (κ3) is 2.35. The molecule has 3 N–H and O–H groups in total. The fraction of sp³-hybridized carbons (Fsp3) is 0. The van der Waals surface area contributed by atoms with Crippen molar-refractivity contribution in [1.82, 2.24) is 0 Å². The molecule has 70 valence electrons. The number of hydrogen-bond acceptors (Lipinski definition) is 3. The minimum atomic E-state index is -1.05. The third-order valence-electron chi connectivity index (χ3n) is 1.60. The van der Waals surface area contributed by atoms with E-state index >= 15 is 0 Å². The summed E-state index contributed by atoms with van der Waals surface area (Å²) in [5.74, 6) is -1.05. The van der Waals surface area contributed by atoms with Crippen LogP contribution in [0.1, 0.15) is 11.1 Å². The molecule has 1 rings (SSSR count). The number of anilines is 1. The van der Waals surface area contributed by atoms with E-state index in [2.05, 4.69) is 0 Å². The monoisotopic (exact) mass is 188 g/mol.